The maximum absolute atomic E-state index is 12.0. The van der Waals surface area contributed by atoms with E-state index in [1.807, 2.05) is 42.5 Å². The van der Waals surface area contributed by atoms with Gasteiger partial charge in [0.1, 0.15) is 5.75 Å². The van der Waals surface area contributed by atoms with Crippen LogP contribution in [0.4, 0.5) is 5.69 Å². The van der Waals surface area contributed by atoms with Gasteiger partial charge in [0.05, 0.1) is 5.56 Å². The standard InChI is InChI=1S/C21H17NO4/c23-20(22-18-8-4-7-17(13-18)21(24)25)14-26-19-11-9-16(10-12-19)15-5-2-1-3-6-15/h1-13H,14H2,(H,22,23)(H,24,25). The number of carboxylic acid groups (broad SMARTS) is 1. The molecule has 0 saturated carbocycles. The van der Waals surface area contributed by atoms with Gasteiger partial charge in [-0.25, -0.2) is 4.79 Å². The van der Waals surface area contributed by atoms with Crippen molar-refractivity contribution < 1.29 is 19.4 Å². The molecule has 0 aliphatic heterocycles. The Bertz CT molecular complexity index is 905. The van der Waals surface area contributed by atoms with Crippen LogP contribution in [0.5, 0.6) is 5.75 Å². The maximum Gasteiger partial charge on any atom is 0.335 e. The van der Waals surface area contributed by atoms with Crippen molar-refractivity contribution in [3.05, 3.63) is 84.4 Å². The molecule has 2 N–H and O–H groups in total. The van der Waals surface area contributed by atoms with E-state index >= 15 is 0 Å². The lowest BCUT2D eigenvalue weighted by molar-refractivity contribution is -0.118. The predicted molar refractivity (Wildman–Crippen MR) is 99.4 cm³/mol. The second kappa shape index (κ2) is 7.98. The van der Waals surface area contributed by atoms with Crippen molar-refractivity contribution >= 4 is 17.6 Å². The van der Waals surface area contributed by atoms with Gasteiger partial charge in [0.2, 0.25) is 0 Å². The molecule has 0 heterocycles. The Balaban J connectivity index is 1.56. The molecule has 0 aliphatic rings. The predicted octanol–water partition coefficient (Wildman–Crippen LogP) is 4.07. The first-order valence-electron chi connectivity index (χ1n) is 8.03. The summed E-state index contributed by atoms with van der Waals surface area (Å²) in [6, 6.07) is 23.5. The third-order valence-corrected chi connectivity index (χ3v) is 3.72. The zero-order valence-corrected chi connectivity index (χ0v) is 13.9. The van der Waals surface area contributed by atoms with E-state index in [0.717, 1.165) is 11.1 Å². The fourth-order valence-electron chi connectivity index (χ4n) is 2.45. The molecule has 0 spiro atoms. The first-order chi connectivity index (χ1) is 12.6. The van der Waals surface area contributed by atoms with Gasteiger partial charge in [-0.1, -0.05) is 48.5 Å². The van der Waals surface area contributed by atoms with Crippen LogP contribution in [-0.4, -0.2) is 23.6 Å². The lowest BCUT2D eigenvalue weighted by Gasteiger charge is -2.09. The molecular formula is C21H17NO4. The number of amides is 1. The second-order valence-electron chi connectivity index (χ2n) is 5.61. The molecule has 3 aromatic rings. The summed E-state index contributed by atoms with van der Waals surface area (Å²) >= 11 is 0. The molecule has 5 nitrogen and oxygen atoms in total. The largest absolute Gasteiger partial charge is 0.484 e. The smallest absolute Gasteiger partial charge is 0.335 e. The van der Waals surface area contributed by atoms with Crippen LogP contribution in [0.15, 0.2) is 78.9 Å². The van der Waals surface area contributed by atoms with Gasteiger partial charge >= 0.3 is 5.97 Å². The molecule has 3 rings (SSSR count). The van der Waals surface area contributed by atoms with Crippen molar-refractivity contribution in [1.29, 1.82) is 0 Å². The maximum atomic E-state index is 12.0. The number of nitrogens with one attached hydrogen (secondary N) is 1. The first kappa shape index (κ1) is 17.2. The molecular weight excluding hydrogens is 330 g/mol. The molecule has 5 heteroatoms. The van der Waals surface area contributed by atoms with Gasteiger partial charge < -0.3 is 15.2 Å². The van der Waals surface area contributed by atoms with Crippen molar-refractivity contribution in [2.45, 2.75) is 0 Å². The third kappa shape index (κ3) is 4.48. The Labute approximate surface area is 150 Å². The van der Waals surface area contributed by atoms with Crippen LogP contribution in [0.3, 0.4) is 0 Å². The summed E-state index contributed by atoms with van der Waals surface area (Å²) in [6.45, 7) is -0.165. The monoisotopic (exact) mass is 347 g/mol. The highest BCUT2D eigenvalue weighted by Crippen LogP contribution is 2.22. The summed E-state index contributed by atoms with van der Waals surface area (Å²) in [5.74, 6) is -0.824. The SMILES string of the molecule is O=C(COc1ccc(-c2ccccc2)cc1)Nc1cccc(C(=O)O)c1. The van der Waals surface area contributed by atoms with E-state index in [9.17, 15) is 9.59 Å². The fourth-order valence-corrected chi connectivity index (χ4v) is 2.45. The summed E-state index contributed by atoms with van der Waals surface area (Å²) in [6.07, 6.45) is 0. The number of carbonyl (C=O) groups is 2. The normalized spacial score (nSPS) is 10.2. The van der Waals surface area contributed by atoms with Crippen LogP contribution in [0, 0.1) is 0 Å². The molecule has 0 aliphatic carbocycles. The van der Waals surface area contributed by atoms with E-state index in [1.54, 1.807) is 24.3 Å². The fraction of sp³-hybridized carbons (Fsp3) is 0.0476. The topological polar surface area (TPSA) is 75.6 Å². The molecule has 0 radical (unpaired) electrons. The molecule has 130 valence electrons. The minimum absolute atomic E-state index is 0.111. The summed E-state index contributed by atoms with van der Waals surface area (Å²) in [5.41, 5.74) is 2.70. The lowest BCUT2D eigenvalue weighted by atomic mass is 10.1. The average Bonchev–Trinajstić information content (AvgIpc) is 2.68. The molecule has 3 aromatic carbocycles. The summed E-state index contributed by atoms with van der Waals surface area (Å²) < 4.78 is 5.48. The van der Waals surface area contributed by atoms with Crippen LogP contribution in [-0.2, 0) is 4.79 Å². The van der Waals surface area contributed by atoms with Gasteiger partial charge in [0.15, 0.2) is 6.61 Å². The van der Waals surface area contributed by atoms with E-state index in [1.165, 1.54) is 12.1 Å². The van der Waals surface area contributed by atoms with E-state index in [-0.39, 0.29) is 18.1 Å². The molecule has 1 amide bonds. The number of rotatable bonds is 6. The highest BCUT2D eigenvalue weighted by atomic mass is 16.5. The summed E-state index contributed by atoms with van der Waals surface area (Å²) in [7, 11) is 0. The molecule has 0 fully saturated rings. The quantitative estimate of drug-likeness (QED) is 0.705. The zero-order chi connectivity index (χ0) is 18.4. The molecule has 26 heavy (non-hydrogen) atoms. The van der Waals surface area contributed by atoms with Gasteiger partial charge in [-0.05, 0) is 41.5 Å². The Hall–Kier alpha value is -3.60. The number of benzene rings is 3. The molecule has 0 aromatic heterocycles. The number of carboxylic acids is 1. The molecule has 0 atom stereocenters. The number of carbonyl (C=O) groups excluding carboxylic acids is 1. The van der Waals surface area contributed by atoms with Crippen molar-refractivity contribution in [1.82, 2.24) is 0 Å². The van der Waals surface area contributed by atoms with Crippen LogP contribution >= 0.6 is 0 Å². The third-order valence-electron chi connectivity index (χ3n) is 3.72. The Morgan fingerprint density at radius 3 is 2.23 bits per heavy atom. The highest BCUT2D eigenvalue weighted by molar-refractivity contribution is 5.94. The Kier molecular flexibility index (Phi) is 5.29. The van der Waals surface area contributed by atoms with Crippen LogP contribution in [0.2, 0.25) is 0 Å². The van der Waals surface area contributed by atoms with Gasteiger partial charge in [-0.15, -0.1) is 0 Å². The van der Waals surface area contributed by atoms with E-state index in [0.29, 0.717) is 11.4 Å². The second-order valence-corrected chi connectivity index (χ2v) is 5.61. The Morgan fingerprint density at radius 2 is 1.54 bits per heavy atom. The van der Waals surface area contributed by atoms with E-state index < -0.39 is 5.97 Å². The van der Waals surface area contributed by atoms with Crippen LogP contribution in [0.1, 0.15) is 10.4 Å². The van der Waals surface area contributed by atoms with Gasteiger partial charge in [-0.2, -0.15) is 0 Å². The molecule has 0 unspecified atom stereocenters. The first-order valence-corrected chi connectivity index (χ1v) is 8.03. The highest BCUT2D eigenvalue weighted by Gasteiger charge is 2.07. The average molecular weight is 347 g/mol. The lowest BCUT2D eigenvalue weighted by Crippen LogP contribution is -2.20. The van der Waals surface area contributed by atoms with Crippen LogP contribution < -0.4 is 10.1 Å². The number of hydrogen-bond donors (Lipinski definition) is 2. The Morgan fingerprint density at radius 1 is 0.846 bits per heavy atom. The summed E-state index contributed by atoms with van der Waals surface area (Å²) in [4.78, 5) is 22.9. The van der Waals surface area contributed by atoms with Gasteiger partial charge in [0, 0.05) is 5.69 Å². The zero-order valence-electron chi connectivity index (χ0n) is 13.9. The van der Waals surface area contributed by atoms with Gasteiger partial charge in [0.25, 0.3) is 5.91 Å². The number of anilines is 1. The van der Waals surface area contributed by atoms with Crippen molar-refractivity contribution in [2.24, 2.45) is 0 Å². The van der Waals surface area contributed by atoms with E-state index in [2.05, 4.69) is 5.32 Å². The van der Waals surface area contributed by atoms with Crippen molar-refractivity contribution in [2.75, 3.05) is 11.9 Å². The minimum atomic E-state index is -1.05. The molecule has 0 saturated heterocycles. The molecule has 0 bridgehead atoms. The van der Waals surface area contributed by atoms with Crippen molar-refractivity contribution in [3.8, 4) is 16.9 Å². The van der Waals surface area contributed by atoms with E-state index in [4.69, 9.17) is 9.84 Å². The number of hydrogen-bond acceptors (Lipinski definition) is 3. The minimum Gasteiger partial charge on any atom is -0.484 e. The summed E-state index contributed by atoms with van der Waals surface area (Å²) in [5, 5.41) is 11.6. The number of aromatic carboxylic acids is 1. The number of ether oxygens (including phenoxy) is 1. The van der Waals surface area contributed by atoms with Crippen molar-refractivity contribution in [3.63, 3.8) is 0 Å². The van der Waals surface area contributed by atoms with Crippen LogP contribution in [0.25, 0.3) is 11.1 Å². The van der Waals surface area contributed by atoms with Gasteiger partial charge in [-0.3, -0.25) is 4.79 Å².